The van der Waals surface area contributed by atoms with E-state index in [0.29, 0.717) is 24.2 Å². The number of hydrogen-bond donors (Lipinski definition) is 1. The van der Waals surface area contributed by atoms with E-state index in [1.54, 1.807) is 20.2 Å². The van der Waals surface area contributed by atoms with E-state index >= 15 is 0 Å². The standard InChI is InChI=1S/C21H21N3O3/c1-24-21(26)13-11-19(23-24)16-4-3-5-17(14-16)22-20(25)12-8-15-6-9-18(27-2)10-7-15/h3-7,9-11,13-14H,8,12H2,1-2H3,(H,22,25). The largest absolute Gasteiger partial charge is 0.497 e. The molecule has 6 heteroatoms. The Bertz CT molecular complexity index is 994. The number of ether oxygens (including phenoxy) is 1. The van der Waals surface area contributed by atoms with Crippen LogP contribution < -0.4 is 15.6 Å². The highest BCUT2D eigenvalue weighted by Gasteiger charge is 2.06. The Morgan fingerprint density at radius 3 is 2.59 bits per heavy atom. The molecule has 0 atom stereocenters. The Labute approximate surface area is 157 Å². The number of anilines is 1. The summed E-state index contributed by atoms with van der Waals surface area (Å²) < 4.78 is 6.42. The van der Waals surface area contributed by atoms with E-state index in [4.69, 9.17) is 4.74 Å². The van der Waals surface area contributed by atoms with E-state index in [2.05, 4.69) is 10.4 Å². The number of methoxy groups -OCH3 is 1. The second-order valence-electron chi connectivity index (χ2n) is 6.16. The van der Waals surface area contributed by atoms with Crippen LogP contribution in [0.2, 0.25) is 0 Å². The maximum Gasteiger partial charge on any atom is 0.266 e. The molecule has 0 fully saturated rings. The van der Waals surface area contributed by atoms with Crippen molar-refractivity contribution < 1.29 is 9.53 Å². The molecule has 0 spiro atoms. The first-order valence-corrected chi connectivity index (χ1v) is 8.63. The van der Waals surface area contributed by atoms with Gasteiger partial charge in [0.15, 0.2) is 0 Å². The maximum atomic E-state index is 12.3. The first-order valence-electron chi connectivity index (χ1n) is 8.63. The van der Waals surface area contributed by atoms with Gasteiger partial charge in [0.1, 0.15) is 5.75 Å². The highest BCUT2D eigenvalue weighted by Crippen LogP contribution is 2.20. The van der Waals surface area contributed by atoms with Crippen LogP contribution in [0, 0.1) is 0 Å². The van der Waals surface area contributed by atoms with Crippen LogP contribution in [0.25, 0.3) is 11.3 Å². The van der Waals surface area contributed by atoms with E-state index in [-0.39, 0.29) is 11.5 Å². The minimum absolute atomic E-state index is 0.0589. The fourth-order valence-electron chi connectivity index (χ4n) is 2.69. The highest BCUT2D eigenvalue weighted by molar-refractivity contribution is 5.91. The fraction of sp³-hybridized carbons (Fsp3) is 0.190. The Hall–Kier alpha value is -3.41. The molecule has 1 aromatic heterocycles. The summed E-state index contributed by atoms with van der Waals surface area (Å²) in [4.78, 5) is 23.7. The molecule has 0 unspecified atom stereocenters. The normalized spacial score (nSPS) is 10.4. The number of carbonyl (C=O) groups is 1. The van der Waals surface area contributed by atoms with Crippen LogP contribution in [-0.4, -0.2) is 22.8 Å². The smallest absolute Gasteiger partial charge is 0.266 e. The molecule has 0 aliphatic heterocycles. The minimum atomic E-state index is -0.165. The van der Waals surface area contributed by atoms with Crippen LogP contribution in [0.5, 0.6) is 5.75 Å². The summed E-state index contributed by atoms with van der Waals surface area (Å²) in [6.07, 6.45) is 1.03. The van der Waals surface area contributed by atoms with Gasteiger partial charge in [-0.15, -0.1) is 0 Å². The lowest BCUT2D eigenvalue weighted by atomic mass is 10.1. The SMILES string of the molecule is COc1ccc(CCC(=O)Nc2cccc(-c3ccc(=O)n(C)n3)c2)cc1. The number of aromatic nitrogens is 2. The molecule has 0 bridgehead atoms. The third-order valence-electron chi connectivity index (χ3n) is 4.20. The number of aryl methyl sites for hydroxylation is 2. The molecule has 0 saturated carbocycles. The zero-order chi connectivity index (χ0) is 19.2. The van der Waals surface area contributed by atoms with Gasteiger partial charge in [0.25, 0.3) is 5.56 Å². The monoisotopic (exact) mass is 363 g/mol. The first kappa shape index (κ1) is 18.4. The van der Waals surface area contributed by atoms with Gasteiger partial charge in [-0.1, -0.05) is 24.3 Å². The van der Waals surface area contributed by atoms with Gasteiger partial charge in [-0.25, -0.2) is 4.68 Å². The Morgan fingerprint density at radius 1 is 1.11 bits per heavy atom. The Morgan fingerprint density at radius 2 is 1.89 bits per heavy atom. The zero-order valence-corrected chi connectivity index (χ0v) is 15.3. The molecule has 3 rings (SSSR count). The molecule has 1 N–H and O–H groups in total. The molecule has 0 saturated heterocycles. The van der Waals surface area contributed by atoms with Crippen molar-refractivity contribution in [1.82, 2.24) is 9.78 Å². The van der Waals surface area contributed by atoms with E-state index in [0.717, 1.165) is 16.9 Å². The molecule has 138 valence electrons. The summed E-state index contributed by atoms with van der Waals surface area (Å²) in [5.41, 5.74) is 3.11. The van der Waals surface area contributed by atoms with Gasteiger partial charge in [0, 0.05) is 30.8 Å². The Balaban J connectivity index is 1.63. The average Bonchev–Trinajstić information content (AvgIpc) is 2.69. The third-order valence-corrected chi connectivity index (χ3v) is 4.20. The van der Waals surface area contributed by atoms with Crippen molar-refractivity contribution in [2.24, 2.45) is 7.05 Å². The molecule has 1 amide bonds. The number of amides is 1. The zero-order valence-electron chi connectivity index (χ0n) is 15.3. The van der Waals surface area contributed by atoms with Crippen molar-refractivity contribution in [2.45, 2.75) is 12.8 Å². The molecule has 0 aliphatic carbocycles. The number of nitrogens with one attached hydrogen (secondary N) is 1. The summed E-state index contributed by atoms with van der Waals surface area (Å²) in [5.74, 6) is 0.739. The van der Waals surface area contributed by atoms with Crippen molar-refractivity contribution in [3.63, 3.8) is 0 Å². The summed E-state index contributed by atoms with van der Waals surface area (Å²) in [5, 5.41) is 7.15. The van der Waals surface area contributed by atoms with E-state index in [1.165, 1.54) is 10.7 Å². The first-order chi connectivity index (χ1) is 13.0. The van der Waals surface area contributed by atoms with Crippen LogP contribution in [0.4, 0.5) is 5.69 Å². The molecular weight excluding hydrogens is 342 g/mol. The lowest BCUT2D eigenvalue weighted by Crippen LogP contribution is -2.18. The number of benzene rings is 2. The van der Waals surface area contributed by atoms with Gasteiger partial charge >= 0.3 is 0 Å². The van der Waals surface area contributed by atoms with Crippen LogP contribution in [0.1, 0.15) is 12.0 Å². The van der Waals surface area contributed by atoms with Gasteiger partial charge in [-0.05, 0) is 42.3 Å². The maximum absolute atomic E-state index is 12.3. The third kappa shape index (κ3) is 4.82. The molecule has 0 aliphatic rings. The van der Waals surface area contributed by atoms with E-state index < -0.39 is 0 Å². The van der Waals surface area contributed by atoms with Crippen LogP contribution in [0.3, 0.4) is 0 Å². The van der Waals surface area contributed by atoms with Crippen molar-refractivity contribution in [1.29, 1.82) is 0 Å². The fourth-order valence-corrected chi connectivity index (χ4v) is 2.69. The van der Waals surface area contributed by atoms with Gasteiger partial charge in [0.2, 0.25) is 5.91 Å². The quantitative estimate of drug-likeness (QED) is 0.731. The van der Waals surface area contributed by atoms with Gasteiger partial charge in [-0.2, -0.15) is 5.10 Å². The lowest BCUT2D eigenvalue weighted by Gasteiger charge is -2.08. The topological polar surface area (TPSA) is 73.2 Å². The van der Waals surface area contributed by atoms with E-state index in [9.17, 15) is 9.59 Å². The summed E-state index contributed by atoms with van der Waals surface area (Å²) in [7, 11) is 3.23. The molecule has 6 nitrogen and oxygen atoms in total. The minimum Gasteiger partial charge on any atom is -0.497 e. The van der Waals surface area contributed by atoms with Crippen molar-refractivity contribution in [3.05, 3.63) is 76.6 Å². The van der Waals surface area contributed by atoms with Crippen LogP contribution in [0.15, 0.2) is 65.5 Å². The second-order valence-corrected chi connectivity index (χ2v) is 6.16. The predicted molar refractivity (Wildman–Crippen MR) is 105 cm³/mol. The number of carbonyl (C=O) groups excluding carboxylic acids is 1. The molecule has 3 aromatic rings. The molecule has 0 radical (unpaired) electrons. The number of nitrogens with zero attached hydrogens (tertiary/aromatic N) is 2. The van der Waals surface area contributed by atoms with Gasteiger partial charge < -0.3 is 10.1 Å². The molecule has 1 heterocycles. The van der Waals surface area contributed by atoms with Crippen molar-refractivity contribution in [3.8, 4) is 17.0 Å². The average molecular weight is 363 g/mol. The summed E-state index contributed by atoms with van der Waals surface area (Å²) in [6, 6.07) is 18.2. The van der Waals surface area contributed by atoms with Crippen molar-refractivity contribution in [2.75, 3.05) is 12.4 Å². The number of rotatable bonds is 6. The summed E-state index contributed by atoms with van der Waals surface area (Å²) >= 11 is 0. The van der Waals surface area contributed by atoms with Crippen molar-refractivity contribution >= 4 is 11.6 Å². The van der Waals surface area contributed by atoms with E-state index in [1.807, 2.05) is 48.5 Å². The van der Waals surface area contributed by atoms with Gasteiger partial charge in [0.05, 0.1) is 12.8 Å². The summed E-state index contributed by atoms with van der Waals surface area (Å²) in [6.45, 7) is 0. The number of hydrogen-bond acceptors (Lipinski definition) is 4. The van der Waals surface area contributed by atoms with Gasteiger partial charge in [-0.3, -0.25) is 9.59 Å². The highest BCUT2D eigenvalue weighted by atomic mass is 16.5. The Kier molecular flexibility index (Phi) is 5.66. The van der Waals surface area contributed by atoms with Crippen LogP contribution >= 0.6 is 0 Å². The lowest BCUT2D eigenvalue weighted by molar-refractivity contribution is -0.116. The molecular formula is C21H21N3O3. The van der Waals surface area contributed by atoms with Crippen LogP contribution in [-0.2, 0) is 18.3 Å². The molecule has 2 aromatic carbocycles. The second kappa shape index (κ2) is 8.31. The predicted octanol–water partition coefficient (Wildman–Crippen LogP) is 3.03. The molecule has 27 heavy (non-hydrogen) atoms.